The Morgan fingerprint density at radius 3 is 2.57 bits per heavy atom. The van der Waals surface area contributed by atoms with Gasteiger partial charge in [-0.1, -0.05) is 0 Å². The molecule has 0 heterocycles. The Hall–Kier alpha value is -0.150. The molecule has 44 valence electrons. The second kappa shape index (κ2) is 4.02. The average Bonchev–Trinajstić information content (AvgIpc) is 1.68. The molecule has 7 heavy (non-hydrogen) atoms. The van der Waals surface area contributed by atoms with Crippen LogP contribution in [-0.4, -0.2) is 19.8 Å². The number of rotatable bonds is 3. The monoisotopic (exact) mass is 107 g/mol. The first-order valence-electron chi connectivity index (χ1n) is 2.16. The quantitative estimate of drug-likeness (QED) is 0.530. The van der Waals surface area contributed by atoms with E-state index in [0.29, 0.717) is 6.61 Å². The average molecular weight is 107 g/mol. The minimum atomic E-state index is -0.190. The number of methoxy groups -OCH3 is 1. The van der Waals surface area contributed by atoms with E-state index in [2.05, 4.69) is 4.74 Å². The molecule has 0 aromatic rings. The van der Waals surface area contributed by atoms with Gasteiger partial charge in [0, 0.05) is 7.11 Å². The lowest BCUT2D eigenvalue weighted by Crippen LogP contribution is -2.22. The highest BCUT2D eigenvalue weighted by atomic mass is 19.2. The van der Waals surface area contributed by atoms with E-state index >= 15 is 0 Å². The molecule has 0 radical (unpaired) electrons. The lowest BCUT2D eigenvalue weighted by molar-refractivity contribution is 0.138. The minimum absolute atomic E-state index is 0.190. The van der Waals surface area contributed by atoms with Crippen molar-refractivity contribution in [3.05, 3.63) is 0 Å². The first-order valence-corrected chi connectivity index (χ1v) is 2.16. The summed E-state index contributed by atoms with van der Waals surface area (Å²) in [7, 11) is 1.54. The third-order valence-corrected chi connectivity index (χ3v) is 0.603. The van der Waals surface area contributed by atoms with E-state index in [9.17, 15) is 4.48 Å². The molecule has 0 aliphatic heterocycles. The van der Waals surface area contributed by atoms with E-state index in [-0.39, 0.29) is 6.04 Å². The molecule has 2 nitrogen and oxygen atoms in total. The SMILES string of the molecule is COCC(C)NF. The largest absolute Gasteiger partial charge is 0.383 e. The molecule has 0 fully saturated rings. The molecule has 0 spiro atoms. The molecular formula is C4H10FNO. The molecule has 0 aromatic carbocycles. The molecule has 1 atom stereocenters. The number of nitrogens with one attached hydrogen (secondary N) is 1. The maximum atomic E-state index is 11.2. The predicted molar refractivity (Wildman–Crippen MR) is 25.6 cm³/mol. The van der Waals surface area contributed by atoms with Crippen LogP contribution in [0.25, 0.3) is 0 Å². The second-order valence-electron chi connectivity index (χ2n) is 1.47. The van der Waals surface area contributed by atoms with Crippen LogP contribution in [0.4, 0.5) is 4.48 Å². The maximum Gasteiger partial charge on any atom is 0.0638 e. The van der Waals surface area contributed by atoms with Gasteiger partial charge in [-0.25, -0.2) is 0 Å². The molecule has 1 unspecified atom stereocenters. The molecule has 0 bridgehead atoms. The fourth-order valence-corrected chi connectivity index (χ4v) is 0.281. The maximum absolute atomic E-state index is 11.2. The van der Waals surface area contributed by atoms with Gasteiger partial charge in [-0.3, -0.25) is 0 Å². The third kappa shape index (κ3) is 3.69. The third-order valence-electron chi connectivity index (χ3n) is 0.603. The van der Waals surface area contributed by atoms with E-state index in [1.165, 1.54) is 7.11 Å². The lowest BCUT2D eigenvalue weighted by atomic mass is 10.4. The topological polar surface area (TPSA) is 21.3 Å². The van der Waals surface area contributed by atoms with Crippen molar-refractivity contribution in [2.45, 2.75) is 13.0 Å². The minimum Gasteiger partial charge on any atom is -0.383 e. The Morgan fingerprint density at radius 1 is 1.86 bits per heavy atom. The van der Waals surface area contributed by atoms with E-state index in [1.54, 1.807) is 12.5 Å². The summed E-state index contributed by atoms with van der Waals surface area (Å²) >= 11 is 0. The molecule has 0 saturated heterocycles. The Bertz CT molecular complexity index is 42.7. The smallest absolute Gasteiger partial charge is 0.0638 e. The van der Waals surface area contributed by atoms with Gasteiger partial charge < -0.3 is 4.74 Å². The van der Waals surface area contributed by atoms with Crippen LogP contribution in [0.5, 0.6) is 0 Å². The predicted octanol–water partition coefficient (Wildman–Crippen LogP) is 0.495. The van der Waals surface area contributed by atoms with E-state index in [1.807, 2.05) is 0 Å². The zero-order valence-electron chi connectivity index (χ0n) is 4.57. The van der Waals surface area contributed by atoms with Crippen molar-refractivity contribution in [1.29, 1.82) is 0 Å². The van der Waals surface area contributed by atoms with Crippen molar-refractivity contribution in [3.8, 4) is 0 Å². The van der Waals surface area contributed by atoms with Crippen molar-refractivity contribution in [1.82, 2.24) is 5.54 Å². The van der Waals surface area contributed by atoms with Gasteiger partial charge >= 0.3 is 0 Å². The fraction of sp³-hybridized carbons (Fsp3) is 1.00. The second-order valence-corrected chi connectivity index (χ2v) is 1.47. The summed E-state index contributed by atoms with van der Waals surface area (Å²) in [6.07, 6.45) is 0. The molecule has 0 aliphatic carbocycles. The molecule has 0 saturated carbocycles. The Balaban J connectivity index is 2.83. The van der Waals surface area contributed by atoms with Crippen LogP contribution in [0.3, 0.4) is 0 Å². The highest BCUT2D eigenvalue weighted by molar-refractivity contribution is 4.47. The molecule has 0 aromatic heterocycles. The molecule has 0 amide bonds. The van der Waals surface area contributed by atoms with Crippen molar-refractivity contribution >= 4 is 0 Å². The number of ether oxygens (including phenoxy) is 1. The van der Waals surface area contributed by atoms with Crippen LogP contribution in [-0.2, 0) is 4.74 Å². The number of hydrogen-bond acceptors (Lipinski definition) is 2. The van der Waals surface area contributed by atoms with Gasteiger partial charge in [-0.05, 0) is 6.92 Å². The summed E-state index contributed by atoms with van der Waals surface area (Å²) < 4.78 is 15.8. The zero-order chi connectivity index (χ0) is 5.70. The summed E-state index contributed by atoms with van der Waals surface area (Å²) in [6.45, 7) is 2.11. The summed E-state index contributed by atoms with van der Waals surface area (Å²) in [4.78, 5) is 0. The Labute approximate surface area is 42.6 Å². The van der Waals surface area contributed by atoms with Gasteiger partial charge in [0.2, 0.25) is 0 Å². The van der Waals surface area contributed by atoms with Crippen molar-refractivity contribution < 1.29 is 9.22 Å². The van der Waals surface area contributed by atoms with Gasteiger partial charge in [0.15, 0.2) is 0 Å². The van der Waals surface area contributed by atoms with Crippen LogP contribution in [0, 0.1) is 0 Å². The van der Waals surface area contributed by atoms with Crippen LogP contribution in [0.2, 0.25) is 0 Å². The molecule has 1 N–H and O–H groups in total. The summed E-state index contributed by atoms with van der Waals surface area (Å²) in [6, 6.07) is -0.190. The Kier molecular flexibility index (Phi) is 3.93. The van der Waals surface area contributed by atoms with Crippen LogP contribution >= 0.6 is 0 Å². The highest BCUT2D eigenvalue weighted by Crippen LogP contribution is 1.78. The Morgan fingerprint density at radius 2 is 2.43 bits per heavy atom. The number of halogens is 1. The molecule has 0 rings (SSSR count). The van der Waals surface area contributed by atoms with Gasteiger partial charge in [0.1, 0.15) is 0 Å². The van der Waals surface area contributed by atoms with Crippen molar-refractivity contribution in [3.63, 3.8) is 0 Å². The summed E-state index contributed by atoms with van der Waals surface area (Å²) in [5, 5.41) is 0. The summed E-state index contributed by atoms with van der Waals surface area (Å²) in [5.74, 6) is 0. The van der Waals surface area contributed by atoms with E-state index < -0.39 is 0 Å². The van der Waals surface area contributed by atoms with E-state index in [4.69, 9.17) is 0 Å². The summed E-state index contributed by atoms with van der Waals surface area (Å²) in [5.41, 5.74) is 1.54. The van der Waals surface area contributed by atoms with Crippen molar-refractivity contribution in [2.24, 2.45) is 0 Å². The molecular weight excluding hydrogens is 97.0 g/mol. The first kappa shape index (κ1) is 6.85. The van der Waals surface area contributed by atoms with Gasteiger partial charge in [-0.2, -0.15) is 5.54 Å². The van der Waals surface area contributed by atoms with Crippen LogP contribution < -0.4 is 5.54 Å². The van der Waals surface area contributed by atoms with E-state index in [0.717, 1.165) is 0 Å². The standard InChI is InChI=1S/C4H10FNO/c1-4(6-5)3-7-2/h4,6H,3H2,1-2H3. The number of hydrogen-bond donors (Lipinski definition) is 1. The lowest BCUT2D eigenvalue weighted by Gasteiger charge is -2.02. The van der Waals surface area contributed by atoms with Gasteiger partial charge in [0.05, 0.1) is 12.6 Å². The first-order chi connectivity index (χ1) is 3.31. The van der Waals surface area contributed by atoms with Gasteiger partial charge in [0.25, 0.3) is 0 Å². The highest BCUT2D eigenvalue weighted by Gasteiger charge is 1.94. The molecule has 3 heteroatoms. The van der Waals surface area contributed by atoms with Gasteiger partial charge in [-0.15, -0.1) is 4.48 Å². The normalized spacial score (nSPS) is 14.1. The van der Waals surface area contributed by atoms with Crippen molar-refractivity contribution in [2.75, 3.05) is 13.7 Å². The molecule has 0 aliphatic rings. The van der Waals surface area contributed by atoms with Crippen LogP contribution in [0.1, 0.15) is 6.92 Å². The zero-order valence-corrected chi connectivity index (χ0v) is 4.57. The fourth-order valence-electron chi connectivity index (χ4n) is 0.281. The van der Waals surface area contributed by atoms with Crippen LogP contribution in [0.15, 0.2) is 0 Å².